The zero-order valence-electron chi connectivity index (χ0n) is 11.2. The Hall–Kier alpha value is -1.02. The van der Waals surface area contributed by atoms with E-state index in [2.05, 4.69) is 44.0 Å². The molecule has 0 amide bonds. The molecule has 1 aliphatic heterocycles. The van der Waals surface area contributed by atoms with E-state index in [0.717, 1.165) is 38.1 Å². The molecule has 0 aromatic heterocycles. The van der Waals surface area contributed by atoms with E-state index in [4.69, 9.17) is 4.74 Å². The quantitative estimate of drug-likeness (QED) is 0.795. The number of nitrogens with zero attached hydrogens (tertiary/aromatic N) is 1. The third kappa shape index (κ3) is 3.47. The first-order valence-corrected chi connectivity index (χ1v) is 6.63. The van der Waals surface area contributed by atoms with Gasteiger partial charge in [0.15, 0.2) is 0 Å². The molecule has 2 rings (SSSR count). The molecule has 1 fully saturated rings. The number of rotatable bonds is 3. The van der Waals surface area contributed by atoms with Crippen molar-refractivity contribution in [1.29, 1.82) is 0 Å². The second-order valence-electron chi connectivity index (χ2n) is 5.13. The second kappa shape index (κ2) is 5.54. The fourth-order valence-electron chi connectivity index (χ4n) is 2.39. The number of aryl methyl sites for hydroxylation is 2. The minimum atomic E-state index is 0.401. The van der Waals surface area contributed by atoms with Crippen molar-refractivity contribution in [2.75, 3.05) is 20.1 Å². The van der Waals surface area contributed by atoms with Crippen LogP contribution in [0, 0.1) is 6.92 Å². The molecule has 0 radical (unpaired) electrons. The van der Waals surface area contributed by atoms with Crippen LogP contribution in [0.4, 0.5) is 0 Å². The summed E-state index contributed by atoms with van der Waals surface area (Å²) in [7, 11) is 2.18. The Morgan fingerprint density at radius 3 is 2.59 bits per heavy atom. The van der Waals surface area contributed by atoms with Crippen LogP contribution in [0.5, 0.6) is 5.75 Å². The van der Waals surface area contributed by atoms with Gasteiger partial charge in [0.2, 0.25) is 0 Å². The lowest BCUT2D eigenvalue weighted by Gasteiger charge is -2.29. The Morgan fingerprint density at radius 1 is 1.24 bits per heavy atom. The highest BCUT2D eigenvalue weighted by Gasteiger charge is 2.18. The number of benzene rings is 1. The van der Waals surface area contributed by atoms with Crippen molar-refractivity contribution in [3.8, 4) is 5.75 Å². The molecule has 0 spiro atoms. The summed E-state index contributed by atoms with van der Waals surface area (Å²) < 4.78 is 6.10. The van der Waals surface area contributed by atoms with Crippen molar-refractivity contribution in [1.82, 2.24) is 4.90 Å². The van der Waals surface area contributed by atoms with E-state index in [1.807, 2.05) is 0 Å². The Labute approximate surface area is 105 Å². The van der Waals surface area contributed by atoms with Crippen LogP contribution in [-0.2, 0) is 6.42 Å². The molecule has 0 atom stereocenters. The molecule has 1 aromatic carbocycles. The van der Waals surface area contributed by atoms with Gasteiger partial charge < -0.3 is 9.64 Å². The molecule has 0 saturated carbocycles. The standard InChI is InChI=1S/C15H23NO/c1-4-13-9-12(2)10-15(11-13)17-14-5-7-16(3)8-6-14/h9-11,14H,4-8H2,1-3H3. The highest BCUT2D eigenvalue weighted by molar-refractivity contribution is 5.34. The predicted octanol–water partition coefficient (Wildman–Crippen LogP) is 3.03. The van der Waals surface area contributed by atoms with Crippen LogP contribution in [0.25, 0.3) is 0 Å². The Bertz CT molecular complexity index is 367. The van der Waals surface area contributed by atoms with E-state index in [-0.39, 0.29) is 0 Å². The van der Waals surface area contributed by atoms with Crippen molar-refractivity contribution in [3.63, 3.8) is 0 Å². The third-order valence-corrected chi connectivity index (χ3v) is 3.49. The Morgan fingerprint density at radius 2 is 1.94 bits per heavy atom. The summed E-state index contributed by atoms with van der Waals surface area (Å²) in [5, 5.41) is 0. The molecule has 1 heterocycles. The largest absolute Gasteiger partial charge is 0.490 e. The van der Waals surface area contributed by atoms with Crippen LogP contribution in [0.1, 0.15) is 30.9 Å². The number of likely N-dealkylation sites (tertiary alicyclic amines) is 1. The van der Waals surface area contributed by atoms with Crippen molar-refractivity contribution >= 4 is 0 Å². The number of ether oxygens (including phenoxy) is 1. The summed E-state index contributed by atoms with van der Waals surface area (Å²) in [6.45, 7) is 6.63. The number of piperidine rings is 1. The lowest BCUT2D eigenvalue weighted by Crippen LogP contribution is -2.35. The minimum absolute atomic E-state index is 0.401. The fraction of sp³-hybridized carbons (Fsp3) is 0.600. The van der Waals surface area contributed by atoms with Gasteiger partial charge in [0.1, 0.15) is 11.9 Å². The van der Waals surface area contributed by atoms with Crippen LogP contribution in [-0.4, -0.2) is 31.1 Å². The van der Waals surface area contributed by atoms with Gasteiger partial charge in [0.05, 0.1) is 0 Å². The van der Waals surface area contributed by atoms with Crippen LogP contribution < -0.4 is 4.74 Å². The maximum atomic E-state index is 6.10. The lowest BCUT2D eigenvalue weighted by atomic mass is 10.1. The number of hydrogen-bond donors (Lipinski definition) is 0. The van der Waals surface area contributed by atoms with Crippen molar-refractivity contribution in [2.45, 2.75) is 39.2 Å². The maximum Gasteiger partial charge on any atom is 0.120 e. The molecular formula is C15H23NO. The summed E-state index contributed by atoms with van der Waals surface area (Å²) >= 11 is 0. The van der Waals surface area contributed by atoms with Gasteiger partial charge in [-0.1, -0.05) is 13.0 Å². The second-order valence-corrected chi connectivity index (χ2v) is 5.13. The first kappa shape index (κ1) is 12.4. The highest BCUT2D eigenvalue weighted by Crippen LogP contribution is 2.21. The molecule has 0 aliphatic carbocycles. The monoisotopic (exact) mass is 233 g/mol. The van der Waals surface area contributed by atoms with E-state index in [0.29, 0.717) is 6.10 Å². The van der Waals surface area contributed by atoms with E-state index < -0.39 is 0 Å². The molecule has 0 N–H and O–H groups in total. The smallest absolute Gasteiger partial charge is 0.120 e. The summed E-state index contributed by atoms with van der Waals surface area (Å²) in [4.78, 5) is 2.37. The summed E-state index contributed by atoms with van der Waals surface area (Å²) in [5.74, 6) is 1.05. The normalized spacial score (nSPS) is 18.3. The molecule has 1 aromatic rings. The van der Waals surface area contributed by atoms with Crippen LogP contribution >= 0.6 is 0 Å². The van der Waals surface area contributed by atoms with Gasteiger partial charge in [-0.15, -0.1) is 0 Å². The van der Waals surface area contributed by atoms with Crippen LogP contribution in [0.3, 0.4) is 0 Å². The lowest BCUT2D eigenvalue weighted by molar-refractivity contribution is 0.114. The summed E-state index contributed by atoms with van der Waals surface area (Å²) in [6.07, 6.45) is 3.76. The molecule has 2 nitrogen and oxygen atoms in total. The first-order chi connectivity index (χ1) is 8.17. The van der Waals surface area contributed by atoms with E-state index in [1.54, 1.807) is 0 Å². The molecule has 0 unspecified atom stereocenters. The summed E-state index contributed by atoms with van der Waals surface area (Å²) in [6, 6.07) is 6.57. The van der Waals surface area contributed by atoms with Crippen molar-refractivity contribution < 1.29 is 4.74 Å². The Balaban J connectivity index is 2.00. The van der Waals surface area contributed by atoms with Crippen molar-refractivity contribution in [3.05, 3.63) is 29.3 Å². The van der Waals surface area contributed by atoms with Gasteiger partial charge >= 0.3 is 0 Å². The molecule has 1 aliphatic rings. The predicted molar refractivity (Wildman–Crippen MR) is 71.7 cm³/mol. The zero-order valence-corrected chi connectivity index (χ0v) is 11.2. The van der Waals surface area contributed by atoms with E-state index >= 15 is 0 Å². The molecule has 17 heavy (non-hydrogen) atoms. The summed E-state index contributed by atoms with van der Waals surface area (Å²) in [5.41, 5.74) is 2.67. The van der Waals surface area contributed by atoms with Gasteiger partial charge in [0, 0.05) is 13.1 Å². The third-order valence-electron chi connectivity index (χ3n) is 3.49. The molecule has 2 heteroatoms. The van der Waals surface area contributed by atoms with Gasteiger partial charge in [-0.05, 0) is 56.5 Å². The fourth-order valence-corrected chi connectivity index (χ4v) is 2.39. The van der Waals surface area contributed by atoms with E-state index in [1.165, 1.54) is 11.1 Å². The topological polar surface area (TPSA) is 12.5 Å². The Kier molecular flexibility index (Phi) is 4.06. The van der Waals surface area contributed by atoms with Gasteiger partial charge in [-0.2, -0.15) is 0 Å². The maximum absolute atomic E-state index is 6.10. The average molecular weight is 233 g/mol. The van der Waals surface area contributed by atoms with Crippen LogP contribution in [0.2, 0.25) is 0 Å². The average Bonchev–Trinajstić information content (AvgIpc) is 2.31. The molecular weight excluding hydrogens is 210 g/mol. The molecule has 0 bridgehead atoms. The van der Waals surface area contributed by atoms with Gasteiger partial charge in [0.25, 0.3) is 0 Å². The molecule has 1 saturated heterocycles. The zero-order chi connectivity index (χ0) is 12.3. The number of hydrogen-bond acceptors (Lipinski definition) is 2. The van der Waals surface area contributed by atoms with Gasteiger partial charge in [-0.25, -0.2) is 0 Å². The van der Waals surface area contributed by atoms with Crippen LogP contribution in [0.15, 0.2) is 18.2 Å². The van der Waals surface area contributed by atoms with Gasteiger partial charge in [-0.3, -0.25) is 0 Å². The minimum Gasteiger partial charge on any atom is -0.490 e. The first-order valence-electron chi connectivity index (χ1n) is 6.63. The molecule has 94 valence electrons. The van der Waals surface area contributed by atoms with E-state index in [9.17, 15) is 0 Å². The van der Waals surface area contributed by atoms with Crippen molar-refractivity contribution in [2.24, 2.45) is 0 Å². The SMILES string of the molecule is CCc1cc(C)cc(OC2CCN(C)CC2)c1. The highest BCUT2D eigenvalue weighted by atomic mass is 16.5.